The van der Waals surface area contributed by atoms with E-state index in [1.54, 1.807) is 12.1 Å². The molecule has 3 heteroatoms. The molecule has 0 spiro atoms. The van der Waals surface area contributed by atoms with E-state index >= 15 is 0 Å². The molecule has 0 aliphatic rings. The highest BCUT2D eigenvalue weighted by Gasteiger charge is 2.04. The van der Waals surface area contributed by atoms with E-state index in [0.29, 0.717) is 6.54 Å². The van der Waals surface area contributed by atoms with Crippen LogP contribution < -0.4 is 10.5 Å². The molecule has 0 unspecified atom stereocenters. The molecule has 0 aliphatic heterocycles. The van der Waals surface area contributed by atoms with E-state index in [-0.39, 0.29) is 11.6 Å². The monoisotopic (exact) mass is 195 g/mol. The normalized spacial score (nSPS) is 10.8. The van der Waals surface area contributed by atoms with Gasteiger partial charge in [-0.15, -0.1) is 0 Å². The SMILES string of the molecule is COc1c(F)cccc1C=CCCN. The number of halogens is 1. The third kappa shape index (κ3) is 2.57. The van der Waals surface area contributed by atoms with Crippen molar-refractivity contribution in [2.75, 3.05) is 13.7 Å². The van der Waals surface area contributed by atoms with Gasteiger partial charge in [-0.25, -0.2) is 4.39 Å². The van der Waals surface area contributed by atoms with E-state index in [0.717, 1.165) is 12.0 Å². The van der Waals surface area contributed by atoms with Gasteiger partial charge in [-0.05, 0) is 19.0 Å². The molecule has 0 saturated carbocycles. The minimum absolute atomic E-state index is 0.278. The first kappa shape index (κ1) is 10.7. The molecule has 0 saturated heterocycles. The highest BCUT2D eigenvalue weighted by atomic mass is 19.1. The number of ether oxygens (including phenoxy) is 1. The van der Waals surface area contributed by atoms with Gasteiger partial charge in [0.1, 0.15) is 0 Å². The van der Waals surface area contributed by atoms with E-state index in [9.17, 15) is 4.39 Å². The van der Waals surface area contributed by atoms with Gasteiger partial charge in [-0.1, -0.05) is 24.3 Å². The summed E-state index contributed by atoms with van der Waals surface area (Å²) in [6, 6.07) is 4.83. The zero-order chi connectivity index (χ0) is 10.4. The lowest BCUT2D eigenvalue weighted by Gasteiger charge is -2.04. The van der Waals surface area contributed by atoms with E-state index in [1.807, 2.05) is 12.2 Å². The van der Waals surface area contributed by atoms with Crippen molar-refractivity contribution in [2.24, 2.45) is 5.73 Å². The van der Waals surface area contributed by atoms with Gasteiger partial charge in [0.25, 0.3) is 0 Å². The first-order chi connectivity index (χ1) is 6.79. The Morgan fingerprint density at radius 1 is 1.50 bits per heavy atom. The molecule has 0 amide bonds. The first-order valence-electron chi connectivity index (χ1n) is 4.48. The van der Waals surface area contributed by atoms with Crippen LogP contribution in [0.25, 0.3) is 6.08 Å². The molecule has 0 heterocycles. The quantitative estimate of drug-likeness (QED) is 0.799. The third-order valence-corrected chi connectivity index (χ3v) is 1.83. The number of nitrogens with two attached hydrogens (primary N) is 1. The van der Waals surface area contributed by atoms with Crippen molar-refractivity contribution in [3.05, 3.63) is 35.7 Å². The summed E-state index contributed by atoms with van der Waals surface area (Å²) in [5.74, 6) is -0.0665. The lowest BCUT2D eigenvalue weighted by Crippen LogP contribution is -1.95. The molecule has 0 radical (unpaired) electrons. The van der Waals surface area contributed by atoms with Crippen molar-refractivity contribution in [3.63, 3.8) is 0 Å². The van der Waals surface area contributed by atoms with Crippen LogP contribution in [0.15, 0.2) is 24.3 Å². The van der Waals surface area contributed by atoms with Crippen molar-refractivity contribution in [1.29, 1.82) is 0 Å². The summed E-state index contributed by atoms with van der Waals surface area (Å²) in [4.78, 5) is 0. The standard InChI is InChI=1S/C11H14FNO/c1-14-11-9(5-2-3-8-13)6-4-7-10(11)12/h2,4-7H,3,8,13H2,1H3. The number of rotatable bonds is 4. The molecule has 1 rings (SSSR count). The summed E-state index contributed by atoms with van der Waals surface area (Å²) in [5.41, 5.74) is 6.07. The Balaban J connectivity index is 2.90. The molecule has 0 aromatic heterocycles. The topological polar surface area (TPSA) is 35.2 Å². The first-order valence-corrected chi connectivity index (χ1v) is 4.48. The Morgan fingerprint density at radius 2 is 2.29 bits per heavy atom. The number of hydrogen-bond donors (Lipinski definition) is 1. The fraction of sp³-hybridized carbons (Fsp3) is 0.273. The maximum atomic E-state index is 13.2. The molecule has 0 bridgehead atoms. The maximum Gasteiger partial charge on any atom is 0.165 e. The molecule has 1 aromatic rings. The van der Waals surface area contributed by atoms with Gasteiger partial charge in [0.2, 0.25) is 0 Å². The van der Waals surface area contributed by atoms with E-state index in [1.165, 1.54) is 13.2 Å². The van der Waals surface area contributed by atoms with E-state index < -0.39 is 0 Å². The van der Waals surface area contributed by atoms with Crippen molar-refractivity contribution in [3.8, 4) is 5.75 Å². The predicted molar refractivity (Wildman–Crippen MR) is 55.7 cm³/mol. The van der Waals surface area contributed by atoms with Crippen LogP contribution in [-0.4, -0.2) is 13.7 Å². The summed E-state index contributed by atoms with van der Waals surface area (Å²) in [6.07, 6.45) is 4.49. The van der Waals surface area contributed by atoms with Crippen LogP contribution >= 0.6 is 0 Å². The molecule has 76 valence electrons. The van der Waals surface area contributed by atoms with E-state index in [2.05, 4.69) is 0 Å². The Morgan fingerprint density at radius 3 is 2.93 bits per heavy atom. The molecule has 0 aliphatic carbocycles. The van der Waals surface area contributed by atoms with Gasteiger partial charge >= 0.3 is 0 Å². The Labute approximate surface area is 83.2 Å². The van der Waals surface area contributed by atoms with Crippen LogP contribution in [-0.2, 0) is 0 Å². The molecule has 0 atom stereocenters. The minimum Gasteiger partial charge on any atom is -0.493 e. The molecule has 2 N–H and O–H groups in total. The fourth-order valence-electron chi connectivity index (χ4n) is 1.18. The van der Waals surface area contributed by atoms with Crippen LogP contribution in [0.4, 0.5) is 4.39 Å². The number of para-hydroxylation sites is 1. The van der Waals surface area contributed by atoms with E-state index in [4.69, 9.17) is 10.5 Å². The largest absolute Gasteiger partial charge is 0.493 e. The maximum absolute atomic E-state index is 13.2. The van der Waals surface area contributed by atoms with Gasteiger partial charge in [-0.3, -0.25) is 0 Å². The molecular formula is C11H14FNO. The Kier molecular flexibility index (Phi) is 4.13. The van der Waals surface area contributed by atoms with Crippen molar-refractivity contribution in [2.45, 2.75) is 6.42 Å². The summed E-state index contributed by atoms with van der Waals surface area (Å²) in [6.45, 7) is 0.591. The van der Waals surface area contributed by atoms with Crippen LogP contribution in [0.5, 0.6) is 5.75 Å². The third-order valence-electron chi connectivity index (χ3n) is 1.83. The van der Waals surface area contributed by atoms with Gasteiger partial charge < -0.3 is 10.5 Å². The summed E-state index contributed by atoms with van der Waals surface area (Å²) in [7, 11) is 1.46. The average molecular weight is 195 g/mol. The van der Waals surface area contributed by atoms with Crippen LogP contribution in [0.2, 0.25) is 0 Å². The fourth-order valence-corrected chi connectivity index (χ4v) is 1.18. The Bertz CT molecular complexity index is 323. The zero-order valence-electron chi connectivity index (χ0n) is 8.16. The molecule has 0 fully saturated rings. The van der Waals surface area contributed by atoms with Gasteiger partial charge in [0.15, 0.2) is 11.6 Å². The second-order valence-corrected chi connectivity index (χ2v) is 2.84. The van der Waals surface area contributed by atoms with Crippen LogP contribution in [0, 0.1) is 5.82 Å². The highest BCUT2D eigenvalue weighted by Crippen LogP contribution is 2.23. The molecular weight excluding hydrogens is 181 g/mol. The number of hydrogen-bond acceptors (Lipinski definition) is 2. The summed E-state index contributed by atoms with van der Waals surface area (Å²) >= 11 is 0. The van der Waals surface area contributed by atoms with Gasteiger partial charge in [0.05, 0.1) is 7.11 Å². The van der Waals surface area contributed by atoms with Crippen LogP contribution in [0.1, 0.15) is 12.0 Å². The van der Waals surface area contributed by atoms with Gasteiger partial charge in [0, 0.05) is 5.56 Å². The lowest BCUT2D eigenvalue weighted by molar-refractivity contribution is 0.385. The number of methoxy groups -OCH3 is 1. The smallest absolute Gasteiger partial charge is 0.165 e. The van der Waals surface area contributed by atoms with Crippen molar-refractivity contribution >= 4 is 6.08 Å². The second-order valence-electron chi connectivity index (χ2n) is 2.84. The number of benzene rings is 1. The van der Waals surface area contributed by atoms with Crippen molar-refractivity contribution < 1.29 is 9.13 Å². The molecule has 1 aromatic carbocycles. The van der Waals surface area contributed by atoms with Crippen molar-refractivity contribution in [1.82, 2.24) is 0 Å². The summed E-state index contributed by atoms with van der Waals surface area (Å²) < 4.78 is 18.1. The molecule has 2 nitrogen and oxygen atoms in total. The second kappa shape index (κ2) is 5.40. The zero-order valence-corrected chi connectivity index (χ0v) is 8.16. The Hall–Kier alpha value is -1.35. The summed E-state index contributed by atoms with van der Waals surface area (Å²) in [5, 5.41) is 0. The predicted octanol–water partition coefficient (Wildman–Crippen LogP) is 2.20. The lowest BCUT2D eigenvalue weighted by atomic mass is 10.1. The van der Waals surface area contributed by atoms with Gasteiger partial charge in [-0.2, -0.15) is 0 Å². The highest BCUT2D eigenvalue weighted by molar-refractivity contribution is 5.57. The minimum atomic E-state index is -0.345. The average Bonchev–Trinajstić information content (AvgIpc) is 2.18. The van der Waals surface area contributed by atoms with Crippen LogP contribution in [0.3, 0.4) is 0 Å². The molecule has 14 heavy (non-hydrogen) atoms.